The van der Waals surface area contributed by atoms with Gasteiger partial charge in [0.15, 0.2) is 9.84 Å². The standard InChI is InChI=1S/C16H18N4O3S/c21-15(17-8-12-4-2-1-3-5-12)13-9-18-16(19-10-13)20-14-6-7-24(22,23)11-14/h1-5,9-10,14H,6-8,11H2,(H,17,21)(H,18,19,20). The van der Waals surface area contributed by atoms with Gasteiger partial charge in [-0.1, -0.05) is 30.3 Å². The van der Waals surface area contributed by atoms with Crippen LogP contribution in [0, 0.1) is 0 Å². The first kappa shape index (κ1) is 16.4. The minimum absolute atomic E-state index is 0.0929. The molecule has 1 unspecified atom stereocenters. The first-order chi connectivity index (χ1) is 11.5. The van der Waals surface area contributed by atoms with Crippen LogP contribution in [0.5, 0.6) is 0 Å². The lowest BCUT2D eigenvalue weighted by Gasteiger charge is -2.10. The number of aromatic nitrogens is 2. The van der Waals surface area contributed by atoms with Crippen molar-refractivity contribution in [1.82, 2.24) is 15.3 Å². The van der Waals surface area contributed by atoms with Crippen LogP contribution in [0.25, 0.3) is 0 Å². The molecule has 1 aromatic carbocycles. The molecule has 1 amide bonds. The number of nitrogens with one attached hydrogen (secondary N) is 2. The SMILES string of the molecule is O=C(NCc1ccccc1)c1cnc(NC2CCS(=O)(=O)C2)nc1. The number of amides is 1. The van der Waals surface area contributed by atoms with E-state index in [-0.39, 0.29) is 23.5 Å². The van der Waals surface area contributed by atoms with Crippen LogP contribution in [0.4, 0.5) is 5.95 Å². The Morgan fingerprint density at radius 3 is 2.50 bits per heavy atom. The summed E-state index contributed by atoms with van der Waals surface area (Å²) in [4.78, 5) is 20.2. The van der Waals surface area contributed by atoms with Crippen molar-refractivity contribution in [2.45, 2.75) is 19.0 Å². The Morgan fingerprint density at radius 1 is 1.17 bits per heavy atom. The minimum atomic E-state index is -2.95. The predicted molar refractivity (Wildman–Crippen MR) is 90.3 cm³/mol. The van der Waals surface area contributed by atoms with E-state index in [1.165, 1.54) is 12.4 Å². The quantitative estimate of drug-likeness (QED) is 0.838. The maximum absolute atomic E-state index is 12.1. The van der Waals surface area contributed by atoms with E-state index in [1.54, 1.807) is 0 Å². The summed E-state index contributed by atoms with van der Waals surface area (Å²) in [5.41, 5.74) is 1.36. The van der Waals surface area contributed by atoms with E-state index in [1.807, 2.05) is 30.3 Å². The second kappa shape index (κ2) is 6.96. The molecule has 1 aliphatic rings. The van der Waals surface area contributed by atoms with Gasteiger partial charge in [0.2, 0.25) is 5.95 Å². The molecule has 24 heavy (non-hydrogen) atoms. The minimum Gasteiger partial charge on any atom is -0.350 e. The fraction of sp³-hybridized carbons (Fsp3) is 0.312. The van der Waals surface area contributed by atoms with Crippen molar-refractivity contribution in [3.05, 3.63) is 53.9 Å². The monoisotopic (exact) mass is 346 g/mol. The Bertz CT molecular complexity index is 807. The van der Waals surface area contributed by atoms with Crippen molar-refractivity contribution in [3.63, 3.8) is 0 Å². The highest BCUT2D eigenvalue weighted by atomic mass is 32.2. The first-order valence-electron chi connectivity index (χ1n) is 7.63. The second-order valence-corrected chi connectivity index (χ2v) is 7.94. The van der Waals surface area contributed by atoms with Crippen molar-refractivity contribution in [2.24, 2.45) is 0 Å². The zero-order valence-corrected chi connectivity index (χ0v) is 13.8. The molecule has 2 heterocycles. The van der Waals surface area contributed by atoms with Crippen LogP contribution in [-0.4, -0.2) is 41.8 Å². The molecule has 2 aromatic rings. The summed E-state index contributed by atoms with van der Waals surface area (Å²) in [6, 6.07) is 9.43. The molecule has 2 N–H and O–H groups in total. The Balaban J connectivity index is 1.55. The van der Waals surface area contributed by atoms with E-state index in [0.717, 1.165) is 5.56 Å². The van der Waals surface area contributed by atoms with E-state index in [2.05, 4.69) is 20.6 Å². The number of rotatable bonds is 5. The van der Waals surface area contributed by atoms with E-state index in [4.69, 9.17) is 0 Å². The Morgan fingerprint density at radius 2 is 1.88 bits per heavy atom. The number of carbonyl (C=O) groups is 1. The third kappa shape index (κ3) is 4.29. The third-order valence-electron chi connectivity index (χ3n) is 3.78. The summed E-state index contributed by atoms with van der Waals surface area (Å²) in [6.07, 6.45) is 3.41. The summed E-state index contributed by atoms with van der Waals surface area (Å²) in [6.45, 7) is 0.430. The molecule has 3 rings (SSSR count). The van der Waals surface area contributed by atoms with Gasteiger partial charge in [-0.3, -0.25) is 4.79 Å². The Labute approximate surface area is 140 Å². The molecule has 1 aromatic heterocycles. The molecular formula is C16H18N4O3S. The van der Waals surface area contributed by atoms with E-state index in [0.29, 0.717) is 24.5 Å². The molecule has 7 nitrogen and oxygen atoms in total. The second-order valence-electron chi connectivity index (χ2n) is 5.71. The van der Waals surface area contributed by atoms with Crippen molar-refractivity contribution in [2.75, 3.05) is 16.8 Å². The zero-order valence-electron chi connectivity index (χ0n) is 13.0. The lowest BCUT2D eigenvalue weighted by molar-refractivity contribution is 0.0950. The van der Waals surface area contributed by atoms with Crippen LogP contribution in [0.15, 0.2) is 42.7 Å². The highest BCUT2D eigenvalue weighted by Crippen LogP contribution is 2.15. The van der Waals surface area contributed by atoms with Crippen molar-refractivity contribution in [3.8, 4) is 0 Å². The molecule has 126 valence electrons. The zero-order chi connectivity index (χ0) is 17.0. The maximum atomic E-state index is 12.1. The first-order valence-corrected chi connectivity index (χ1v) is 9.45. The molecular weight excluding hydrogens is 328 g/mol. The lowest BCUT2D eigenvalue weighted by Crippen LogP contribution is -2.24. The number of benzene rings is 1. The van der Waals surface area contributed by atoms with E-state index in [9.17, 15) is 13.2 Å². The van der Waals surface area contributed by atoms with Gasteiger partial charge in [0.25, 0.3) is 5.91 Å². The number of hydrogen-bond donors (Lipinski definition) is 2. The number of anilines is 1. The van der Waals surface area contributed by atoms with Crippen LogP contribution in [0.3, 0.4) is 0 Å². The summed E-state index contributed by atoms with van der Waals surface area (Å²) >= 11 is 0. The van der Waals surface area contributed by atoms with Gasteiger partial charge in [-0.2, -0.15) is 0 Å². The van der Waals surface area contributed by atoms with Crippen molar-refractivity contribution < 1.29 is 13.2 Å². The van der Waals surface area contributed by atoms with Crippen LogP contribution in [0.1, 0.15) is 22.3 Å². The van der Waals surface area contributed by atoms with Gasteiger partial charge in [-0.05, 0) is 12.0 Å². The molecule has 0 radical (unpaired) electrons. The fourth-order valence-electron chi connectivity index (χ4n) is 2.49. The lowest BCUT2D eigenvalue weighted by atomic mass is 10.2. The molecule has 8 heteroatoms. The number of carbonyl (C=O) groups excluding carboxylic acids is 1. The fourth-order valence-corrected chi connectivity index (χ4v) is 4.16. The molecule has 1 fully saturated rings. The number of nitrogens with zero attached hydrogens (tertiary/aromatic N) is 2. The predicted octanol–water partition coefficient (Wildman–Crippen LogP) is 1.01. The van der Waals surface area contributed by atoms with Gasteiger partial charge in [0.05, 0.1) is 17.1 Å². The molecule has 0 aliphatic carbocycles. The molecule has 0 spiro atoms. The summed E-state index contributed by atoms with van der Waals surface area (Å²) in [7, 11) is -2.95. The van der Waals surface area contributed by atoms with E-state index < -0.39 is 9.84 Å². The number of hydrogen-bond acceptors (Lipinski definition) is 6. The maximum Gasteiger partial charge on any atom is 0.254 e. The Kier molecular flexibility index (Phi) is 4.75. The average molecular weight is 346 g/mol. The molecule has 0 bridgehead atoms. The highest BCUT2D eigenvalue weighted by molar-refractivity contribution is 7.91. The van der Waals surface area contributed by atoms with Crippen LogP contribution in [-0.2, 0) is 16.4 Å². The smallest absolute Gasteiger partial charge is 0.254 e. The molecule has 0 saturated carbocycles. The normalized spacial score (nSPS) is 18.9. The molecule has 1 atom stereocenters. The van der Waals surface area contributed by atoms with Gasteiger partial charge in [0.1, 0.15) is 0 Å². The Hall–Kier alpha value is -2.48. The molecule has 1 aliphatic heterocycles. The summed E-state index contributed by atoms with van der Waals surface area (Å²) in [5, 5.41) is 5.79. The van der Waals surface area contributed by atoms with Gasteiger partial charge < -0.3 is 10.6 Å². The largest absolute Gasteiger partial charge is 0.350 e. The van der Waals surface area contributed by atoms with Gasteiger partial charge in [-0.15, -0.1) is 0 Å². The third-order valence-corrected chi connectivity index (χ3v) is 5.54. The van der Waals surface area contributed by atoms with Crippen LogP contribution in [0.2, 0.25) is 0 Å². The van der Waals surface area contributed by atoms with Gasteiger partial charge in [0, 0.05) is 25.0 Å². The van der Waals surface area contributed by atoms with Crippen LogP contribution < -0.4 is 10.6 Å². The summed E-state index contributed by atoms with van der Waals surface area (Å²) in [5.74, 6) is 0.353. The topological polar surface area (TPSA) is 101 Å². The van der Waals surface area contributed by atoms with Crippen LogP contribution >= 0.6 is 0 Å². The molecule has 1 saturated heterocycles. The van der Waals surface area contributed by atoms with Gasteiger partial charge in [-0.25, -0.2) is 18.4 Å². The highest BCUT2D eigenvalue weighted by Gasteiger charge is 2.28. The van der Waals surface area contributed by atoms with Gasteiger partial charge >= 0.3 is 0 Å². The van der Waals surface area contributed by atoms with E-state index >= 15 is 0 Å². The van der Waals surface area contributed by atoms with Crippen molar-refractivity contribution in [1.29, 1.82) is 0 Å². The summed E-state index contributed by atoms with van der Waals surface area (Å²) < 4.78 is 22.9. The number of sulfone groups is 1. The van der Waals surface area contributed by atoms with Crippen molar-refractivity contribution >= 4 is 21.7 Å². The average Bonchev–Trinajstić information content (AvgIpc) is 2.93.